The van der Waals surface area contributed by atoms with Crippen molar-refractivity contribution in [2.24, 2.45) is 0 Å². The molecule has 1 aromatic rings. The zero-order valence-electron chi connectivity index (χ0n) is 5.83. The van der Waals surface area contributed by atoms with Crippen molar-refractivity contribution < 1.29 is 5.21 Å². The number of hydrogen-bond donors (Lipinski definition) is 2. The van der Waals surface area contributed by atoms with Crippen LogP contribution < -0.4 is 5.48 Å². The highest BCUT2D eigenvalue weighted by molar-refractivity contribution is 5.12. The van der Waals surface area contributed by atoms with E-state index in [2.05, 4.69) is 10.5 Å². The lowest BCUT2D eigenvalue weighted by Gasteiger charge is -1.97. The highest BCUT2D eigenvalue weighted by atomic mass is 16.5. The third-order valence-corrected chi connectivity index (χ3v) is 1.26. The van der Waals surface area contributed by atoms with Crippen LogP contribution in [0.5, 0.6) is 0 Å². The van der Waals surface area contributed by atoms with Crippen molar-refractivity contribution in [3.8, 4) is 0 Å². The Morgan fingerprint density at radius 3 is 2.90 bits per heavy atom. The summed E-state index contributed by atoms with van der Waals surface area (Å²) >= 11 is 0. The second-order valence-electron chi connectivity index (χ2n) is 2.14. The lowest BCUT2D eigenvalue weighted by atomic mass is 10.2. The van der Waals surface area contributed by atoms with Crippen LogP contribution in [-0.4, -0.2) is 10.2 Å². The molecule has 1 aromatic heterocycles. The van der Waals surface area contributed by atoms with Crippen LogP contribution in [0.15, 0.2) is 18.3 Å². The van der Waals surface area contributed by atoms with Crippen molar-refractivity contribution in [2.75, 3.05) is 0 Å². The Labute approximate surface area is 59.7 Å². The predicted molar refractivity (Wildman–Crippen MR) is 37.6 cm³/mol. The van der Waals surface area contributed by atoms with E-state index in [4.69, 9.17) is 5.21 Å². The minimum absolute atomic E-state index is 0.452. The highest BCUT2D eigenvalue weighted by Gasteiger charge is 1.89. The molecule has 0 radical (unpaired) electrons. The van der Waals surface area contributed by atoms with E-state index in [0.29, 0.717) is 6.54 Å². The van der Waals surface area contributed by atoms with Gasteiger partial charge in [-0.3, -0.25) is 4.98 Å². The SMILES string of the molecule is Cc1ccc(CNO)cn1. The van der Waals surface area contributed by atoms with Crippen LogP contribution in [0.1, 0.15) is 11.3 Å². The number of hydroxylamine groups is 1. The minimum atomic E-state index is 0.452. The molecule has 54 valence electrons. The molecule has 3 nitrogen and oxygen atoms in total. The number of rotatable bonds is 2. The third kappa shape index (κ3) is 1.79. The average molecular weight is 138 g/mol. The van der Waals surface area contributed by atoms with Gasteiger partial charge < -0.3 is 5.21 Å². The van der Waals surface area contributed by atoms with E-state index in [1.807, 2.05) is 19.1 Å². The van der Waals surface area contributed by atoms with Crippen molar-refractivity contribution in [3.05, 3.63) is 29.6 Å². The quantitative estimate of drug-likeness (QED) is 0.596. The van der Waals surface area contributed by atoms with Crippen molar-refractivity contribution in [2.45, 2.75) is 13.5 Å². The van der Waals surface area contributed by atoms with Crippen molar-refractivity contribution in [1.29, 1.82) is 0 Å². The second kappa shape index (κ2) is 3.29. The Morgan fingerprint density at radius 2 is 2.40 bits per heavy atom. The van der Waals surface area contributed by atoms with Crippen molar-refractivity contribution in [1.82, 2.24) is 10.5 Å². The van der Waals surface area contributed by atoms with Gasteiger partial charge in [-0.25, -0.2) is 5.48 Å². The third-order valence-electron chi connectivity index (χ3n) is 1.26. The van der Waals surface area contributed by atoms with Crippen LogP contribution in [0.4, 0.5) is 0 Å². The van der Waals surface area contributed by atoms with Crippen LogP contribution in [0.2, 0.25) is 0 Å². The molecule has 0 saturated heterocycles. The van der Waals surface area contributed by atoms with Gasteiger partial charge in [-0.2, -0.15) is 0 Å². The van der Waals surface area contributed by atoms with Gasteiger partial charge in [0.25, 0.3) is 0 Å². The topological polar surface area (TPSA) is 45.1 Å². The molecule has 0 aliphatic carbocycles. The summed E-state index contributed by atoms with van der Waals surface area (Å²) in [5.74, 6) is 0. The van der Waals surface area contributed by atoms with Gasteiger partial charge in [-0.1, -0.05) is 6.07 Å². The molecule has 2 N–H and O–H groups in total. The van der Waals surface area contributed by atoms with Crippen LogP contribution in [0.25, 0.3) is 0 Å². The summed E-state index contributed by atoms with van der Waals surface area (Å²) in [6, 6.07) is 3.83. The molecule has 0 amide bonds. The first-order valence-corrected chi connectivity index (χ1v) is 3.11. The maximum absolute atomic E-state index is 8.31. The summed E-state index contributed by atoms with van der Waals surface area (Å²) in [6.45, 7) is 2.38. The molecule has 0 spiro atoms. The molecule has 1 heterocycles. The lowest BCUT2D eigenvalue weighted by Crippen LogP contribution is -2.06. The van der Waals surface area contributed by atoms with E-state index in [1.54, 1.807) is 6.20 Å². The van der Waals surface area contributed by atoms with Gasteiger partial charge in [0.2, 0.25) is 0 Å². The van der Waals surface area contributed by atoms with Crippen LogP contribution in [0, 0.1) is 6.92 Å². The van der Waals surface area contributed by atoms with Crippen molar-refractivity contribution in [3.63, 3.8) is 0 Å². The minimum Gasteiger partial charge on any atom is -0.316 e. The van der Waals surface area contributed by atoms with Gasteiger partial charge in [0.1, 0.15) is 0 Å². The zero-order valence-corrected chi connectivity index (χ0v) is 5.83. The van der Waals surface area contributed by atoms with Gasteiger partial charge in [0, 0.05) is 18.4 Å². The molecular weight excluding hydrogens is 128 g/mol. The Morgan fingerprint density at radius 1 is 1.60 bits per heavy atom. The number of aryl methyl sites for hydroxylation is 1. The molecule has 0 fully saturated rings. The summed E-state index contributed by atoms with van der Waals surface area (Å²) in [5, 5.41) is 8.31. The molecular formula is C7H10N2O. The first-order chi connectivity index (χ1) is 4.83. The first-order valence-electron chi connectivity index (χ1n) is 3.11. The van der Waals surface area contributed by atoms with Crippen LogP contribution in [0.3, 0.4) is 0 Å². The normalized spacial score (nSPS) is 9.80. The van der Waals surface area contributed by atoms with Crippen LogP contribution >= 0.6 is 0 Å². The molecule has 3 heteroatoms. The maximum atomic E-state index is 8.31. The zero-order chi connectivity index (χ0) is 7.40. The highest BCUT2D eigenvalue weighted by Crippen LogP contribution is 1.97. The average Bonchev–Trinajstić information content (AvgIpc) is 1.95. The number of nitrogens with zero attached hydrogens (tertiary/aromatic N) is 1. The van der Waals surface area contributed by atoms with Crippen LogP contribution in [-0.2, 0) is 6.54 Å². The number of nitrogens with one attached hydrogen (secondary N) is 1. The van der Waals surface area contributed by atoms with E-state index < -0.39 is 0 Å². The Balaban J connectivity index is 2.69. The molecule has 0 unspecified atom stereocenters. The maximum Gasteiger partial charge on any atom is 0.0473 e. The molecule has 0 bridgehead atoms. The fraction of sp³-hybridized carbons (Fsp3) is 0.286. The number of aromatic nitrogens is 1. The standard InChI is InChI=1S/C7H10N2O/c1-6-2-3-7(4-8-6)5-9-10/h2-4,9-10H,5H2,1H3. The summed E-state index contributed by atoms with van der Waals surface area (Å²) in [4.78, 5) is 4.05. The molecule has 1 rings (SSSR count). The summed E-state index contributed by atoms with van der Waals surface area (Å²) in [5.41, 5.74) is 4.03. The predicted octanol–water partition coefficient (Wildman–Crippen LogP) is 0.869. The molecule has 0 aromatic carbocycles. The summed E-state index contributed by atoms with van der Waals surface area (Å²) in [6.07, 6.45) is 1.73. The fourth-order valence-electron chi connectivity index (χ4n) is 0.694. The summed E-state index contributed by atoms with van der Waals surface area (Å²) < 4.78 is 0. The van der Waals surface area contributed by atoms with Gasteiger partial charge in [0.15, 0.2) is 0 Å². The number of pyridine rings is 1. The second-order valence-corrected chi connectivity index (χ2v) is 2.14. The molecule has 0 aliphatic heterocycles. The van der Waals surface area contributed by atoms with E-state index in [0.717, 1.165) is 11.3 Å². The van der Waals surface area contributed by atoms with Crippen molar-refractivity contribution >= 4 is 0 Å². The molecule has 10 heavy (non-hydrogen) atoms. The monoisotopic (exact) mass is 138 g/mol. The van der Waals surface area contributed by atoms with E-state index in [1.165, 1.54) is 0 Å². The molecule has 0 aliphatic rings. The number of hydrogen-bond acceptors (Lipinski definition) is 3. The van der Waals surface area contributed by atoms with E-state index in [-0.39, 0.29) is 0 Å². The van der Waals surface area contributed by atoms with Gasteiger partial charge in [0.05, 0.1) is 0 Å². The Kier molecular flexibility index (Phi) is 2.36. The first kappa shape index (κ1) is 7.18. The molecule has 0 saturated carbocycles. The molecule has 0 atom stereocenters. The smallest absolute Gasteiger partial charge is 0.0473 e. The van der Waals surface area contributed by atoms with E-state index in [9.17, 15) is 0 Å². The van der Waals surface area contributed by atoms with Gasteiger partial charge >= 0.3 is 0 Å². The fourth-order valence-corrected chi connectivity index (χ4v) is 0.694. The Bertz CT molecular complexity index is 195. The van der Waals surface area contributed by atoms with E-state index >= 15 is 0 Å². The summed E-state index contributed by atoms with van der Waals surface area (Å²) in [7, 11) is 0. The largest absolute Gasteiger partial charge is 0.316 e. The van der Waals surface area contributed by atoms with Gasteiger partial charge in [-0.15, -0.1) is 0 Å². The Hall–Kier alpha value is -0.930. The lowest BCUT2D eigenvalue weighted by molar-refractivity contribution is 0.161. The van der Waals surface area contributed by atoms with Gasteiger partial charge in [-0.05, 0) is 18.6 Å².